The number of likely N-dealkylation sites (tertiary alicyclic amines) is 1. The molecule has 2 aliphatic heterocycles. The number of carbonyl (C=O) groups excluding carboxylic acids is 1. The van der Waals surface area contributed by atoms with Crippen LogP contribution in [-0.4, -0.2) is 53.7 Å². The third-order valence-corrected chi connectivity index (χ3v) is 5.37. The van der Waals surface area contributed by atoms with Crippen molar-refractivity contribution in [1.29, 1.82) is 0 Å². The van der Waals surface area contributed by atoms with Crippen molar-refractivity contribution in [3.63, 3.8) is 0 Å². The molecule has 1 saturated heterocycles. The fraction of sp³-hybridized carbons (Fsp3) is 0.444. The highest BCUT2D eigenvalue weighted by atomic mass is 32.1. The van der Waals surface area contributed by atoms with E-state index in [2.05, 4.69) is 9.88 Å². The molecule has 0 bridgehead atoms. The van der Waals surface area contributed by atoms with E-state index in [9.17, 15) is 4.79 Å². The van der Waals surface area contributed by atoms with Gasteiger partial charge in [-0.1, -0.05) is 0 Å². The quantitative estimate of drug-likeness (QED) is 0.794. The van der Waals surface area contributed by atoms with Crippen LogP contribution in [-0.2, 0) is 6.54 Å². The van der Waals surface area contributed by atoms with Crippen LogP contribution in [0.15, 0.2) is 29.8 Å². The Morgan fingerprint density at radius 1 is 1.24 bits per heavy atom. The average molecular weight is 359 g/mol. The van der Waals surface area contributed by atoms with Crippen molar-refractivity contribution in [2.75, 3.05) is 33.0 Å². The van der Waals surface area contributed by atoms with Crippen molar-refractivity contribution in [3.05, 3.63) is 40.3 Å². The molecule has 1 fully saturated rings. The lowest BCUT2D eigenvalue weighted by molar-refractivity contribution is 0.0726. The molecule has 4 rings (SSSR count). The van der Waals surface area contributed by atoms with Gasteiger partial charge in [0.05, 0.1) is 6.54 Å². The zero-order valence-electron chi connectivity index (χ0n) is 14.0. The zero-order valence-corrected chi connectivity index (χ0v) is 14.8. The van der Waals surface area contributed by atoms with Gasteiger partial charge in [0.15, 0.2) is 11.5 Å². The lowest BCUT2D eigenvalue weighted by Gasteiger charge is -2.25. The highest BCUT2D eigenvalue weighted by molar-refractivity contribution is 7.09. The van der Waals surface area contributed by atoms with E-state index in [1.54, 1.807) is 35.7 Å². The van der Waals surface area contributed by atoms with E-state index in [4.69, 9.17) is 9.47 Å². The number of aromatic nitrogens is 1. The highest BCUT2D eigenvalue weighted by Crippen LogP contribution is 2.33. The largest absolute Gasteiger partial charge is 0.454 e. The molecule has 0 spiro atoms. The molecule has 6 nitrogen and oxygen atoms in total. The van der Waals surface area contributed by atoms with Crippen LogP contribution in [0.2, 0.25) is 0 Å². The van der Waals surface area contributed by atoms with E-state index in [1.165, 1.54) is 12.8 Å². The van der Waals surface area contributed by atoms with Crippen LogP contribution >= 0.6 is 11.3 Å². The Morgan fingerprint density at radius 2 is 2.08 bits per heavy atom. The van der Waals surface area contributed by atoms with Crippen molar-refractivity contribution in [2.24, 2.45) is 0 Å². The Labute approximate surface area is 151 Å². The maximum atomic E-state index is 13.1. The number of benzene rings is 1. The van der Waals surface area contributed by atoms with E-state index in [0.717, 1.165) is 24.6 Å². The topological polar surface area (TPSA) is 54.9 Å². The minimum Gasteiger partial charge on any atom is -0.454 e. The van der Waals surface area contributed by atoms with Gasteiger partial charge < -0.3 is 19.3 Å². The van der Waals surface area contributed by atoms with E-state index in [1.807, 2.05) is 10.3 Å². The second-order valence-electron chi connectivity index (χ2n) is 6.27. The highest BCUT2D eigenvalue weighted by Gasteiger charge is 2.22. The third kappa shape index (κ3) is 3.77. The Hall–Kier alpha value is -2.12. The summed E-state index contributed by atoms with van der Waals surface area (Å²) in [5.41, 5.74) is 0.627. The van der Waals surface area contributed by atoms with Gasteiger partial charge >= 0.3 is 0 Å². The van der Waals surface area contributed by atoms with Gasteiger partial charge in [0.2, 0.25) is 6.79 Å². The minimum absolute atomic E-state index is 0.00713. The summed E-state index contributed by atoms with van der Waals surface area (Å²) >= 11 is 1.58. The van der Waals surface area contributed by atoms with E-state index < -0.39 is 0 Å². The van der Waals surface area contributed by atoms with Crippen molar-refractivity contribution in [2.45, 2.75) is 19.4 Å². The number of fused-ring (bicyclic) bond motifs is 1. The number of nitrogens with zero attached hydrogens (tertiary/aromatic N) is 3. The SMILES string of the molecule is O=C(c1ccc2c(c1)OCO2)N(CCN1CCCC1)Cc1nccs1. The lowest BCUT2D eigenvalue weighted by atomic mass is 10.1. The molecule has 25 heavy (non-hydrogen) atoms. The second-order valence-corrected chi connectivity index (χ2v) is 7.25. The van der Waals surface area contributed by atoms with Crippen LogP contribution in [0.4, 0.5) is 0 Å². The average Bonchev–Trinajstić information content (AvgIpc) is 3.39. The first kappa shape index (κ1) is 16.4. The zero-order chi connectivity index (χ0) is 17.1. The first-order valence-electron chi connectivity index (χ1n) is 8.59. The van der Waals surface area contributed by atoms with E-state index in [-0.39, 0.29) is 12.7 Å². The maximum Gasteiger partial charge on any atom is 0.254 e. The fourth-order valence-electron chi connectivity index (χ4n) is 3.23. The first-order chi connectivity index (χ1) is 12.3. The van der Waals surface area contributed by atoms with Gasteiger partial charge in [-0.2, -0.15) is 0 Å². The van der Waals surface area contributed by atoms with E-state index >= 15 is 0 Å². The van der Waals surface area contributed by atoms with Crippen molar-refractivity contribution < 1.29 is 14.3 Å². The van der Waals surface area contributed by atoms with Gasteiger partial charge in [0.1, 0.15) is 5.01 Å². The molecule has 0 aliphatic carbocycles. The number of rotatable bonds is 6. The van der Waals surface area contributed by atoms with Crippen molar-refractivity contribution >= 4 is 17.2 Å². The molecule has 2 aliphatic rings. The molecule has 3 heterocycles. The Balaban J connectivity index is 1.49. The van der Waals surface area contributed by atoms with Gasteiger partial charge in [-0.25, -0.2) is 4.98 Å². The Bertz CT molecular complexity index is 729. The number of amides is 1. The molecule has 0 radical (unpaired) electrons. The first-order valence-corrected chi connectivity index (χ1v) is 9.47. The molecule has 0 atom stereocenters. The maximum absolute atomic E-state index is 13.1. The van der Waals surface area contributed by atoms with Crippen molar-refractivity contribution in [1.82, 2.24) is 14.8 Å². The summed E-state index contributed by atoms with van der Waals surface area (Å²) in [6, 6.07) is 5.38. The van der Waals surface area contributed by atoms with Crippen molar-refractivity contribution in [3.8, 4) is 11.5 Å². The molecule has 2 aromatic rings. The standard InChI is InChI=1S/C18H21N3O3S/c22-18(14-3-4-15-16(11-14)24-13-23-15)21(12-17-19-5-10-25-17)9-8-20-6-1-2-7-20/h3-5,10-11H,1-2,6-9,12-13H2. The number of carbonyl (C=O) groups is 1. The van der Waals surface area contributed by atoms with E-state index in [0.29, 0.717) is 30.2 Å². The summed E-state index contributed by atoms with van der Waals surface area (Å²) in [6.45, 7) is 4.62. The summed E-state index contributed by atoms with van der Waals surface area (Å²) in [7, 11) is 0. The number of thiazole rings is 1. The van der Waals surface area contributed by atoms with Crippen LogP contribution in [0, 0.1) is 0 Å². The number of hydrogen-bond acceptors (Lipinski definition) is 6. The smallest absolute Gasteiger partial charge is 0.254 e. The summed E-state index contributed by atoms with van der Waals surface area (Å²) in [4.78, 5) is 21.7. The predicted octanol–water partition coefficient (Wildman–Crippen LogP) is 2.61. The molecule has 132 valence electrons. The van der Waals surface area contributed by atoms with Gasteiger partial charge in [0.25, 0.3) is 5.91 Å². The van der Waals surface area contributed by atoms with Crippen LogP contribution in [0.1, 0.15) is 28.2 Å². The van der Waals surface area contributed by atoms with Gasteiger partial charge in [-0.3, -0.25) is 4.79 Å². The summed E-state index contributed by atoms with van der Waals surface area (Å²) < 4.78 is 10.7. The Morgan fingerprint density at radius 3 is 2.88 bits per heavy atom. The molecular weight excluding hydrogens is 338 g/mol. The minimum atomic E-state index is 0.00713. The predicted molar refractivity (Wildman–Crippen MR) is 95.1 cm³/mol. The molecule has 7 heteroatoms. The third-order valence-electron chi connectivity index (χ3n) is 4.60. The fourth-order valence-corrected chi connectivity index (χ4v) is 3.86. The van der Waals surface area contributed by atoms with Crippen LogP contribution in [0.25, 0.3) is 0 Å². The van der Waals surface area contributed by atoms with Crippen LogP contribution < -0.4 is 9.47 Å². The van der Waals surface area contributed by atoms with Gasteiger partial charge in [0, 0.05) is 30.2 Å². The summed E-state index contributed by atoms with van der Waals surface area (Å²) in [5, 5.41) is 2.90. The summed E-state index contributed by atoms with van der Waals surface area (Å²) in [5.74, 6) is 1.34. The number of ether oxygens (including phenoxy) is 2. The second kappa shape index (κ2) is 7.41. The lowest BCUT2D eigenvalue weighted by Crippen LogP contribution is -2.37. The number of hydrogen-bond donors (Lipinski definition) is 0. The van der Waals surface area contributed by atoms with Crippen LogP contribution in [0.3, 0.4) is 0 Å². The molecule has 0 unspecified atom stereocenters. The van der Waals surface area contributed by atoms with Crippen LogP contribution in [0.5, 0.6) is 11.5 Å². The molecular formula is C18H21N3O3S. The molecule has 1 amide bonds. The monoisotopic (exact) mass is 359 g/mol. The van der Waals surface area contributed by atoms with Gasteiger partial charge in [-0.05, 0) is 44.1 Å². The van der Waals surface area contributed by atoms with Gasteiger partial charge in [-0.15, -0.1) is 11.3 Å². The molecule has 0 saturated carbocycles. The Kier molecular flexibility index (Phi) is 4.85. The molecule has 1 aromatic carbocycles. The normalized spacial score (nSPS) is 16.3. The molecule has 1 aromatic heterocycles. The molecule has 0 N–H and O–H groups in total. The summed E-state index contributed by atoms with van der Waals surface area (Å²) in [6.07, 6.45) is 4.29.